The summed E-state index contributed by atoms with van der Waals surface area (Å²) in [6.45, 7) is 4.83. The van der Waals surface area contributed by atoms with Crippen LogP contribution in [0, 0.1) is 12.7 Å². The number of hydrogen-bond donors (Lipinski definition) is 2. The highest BCUT2D eigenvalue weighted by Gasteiger charge is 2.24. The zero-order chi connectivity index (χ0) is 16.4. The molecule has 0 radical (unpaired) electrons. The Morgan fingerprint density at radius 2 is 2.17 bits per heavy atom. The summed E-state index contributed by atoms with van der Waals surface area (Å²) in [5.74, 6) is -0.526. The molecule has 1 aliphatic heterocycles. The second kappa shape index (κ2) is 7.77. The van der Waals surface area contributed by atoms with E-state index in [9.17, 15) is 9.18 Å². The molecule has 130 valence electrons. The lowest BCUT2D eigenvalue weighted by Gasteiger charge is -2.30. The maximum atomic E-state index is 13.9. The van der Waals surface area contributed by atoms with Crippen molar-refractivity contribution in [3.63, 3.8) is 0 Å². The van der Waals surface area contributed by atoms with Crippen molar-refractivity contribution in [3.8, 4) is 5.69 Å². The van der Waals surface area contributed by atoms with Gasteiger partial charge in [-0.3, -0.25) is 4.79 Å². The Labute approximate surface area is 147 Å². The molecule has 0 saturated carbocycles. The van der Waals surface area contributed by atoms with Gasteiger partial charge in [-0.1, -0.05) is 12.1 Å². The number of nitrogens with one attached hydrogen (secondary N) is 2. The summed E-state index contributed by atoms with van der Waals surface area (Å²) in [5, 5.41) is 10.6. The number of rotatable bonds is 3. The van der Waals surface area contributed by atoms with Gasteiger partial charge in [0.05, 0.1) is 17.5 Å². The molecule has 1 fully saturated rings. The zero-order valence-electron chi connectivity index (χ0n) is 13.8. The number of carbonyl (C=O) groups is 1. The second-order valence-corrected chi connectivity index (χ2v) is 5.97. The van der Waals surface area contributed by atoms with E-state index in [0.29, 0.717) is 16.9 Å². The molecule has 1 aromatic heterocycles. The minimum atomic E-state index is -0.365. The summed E-state index contributed by atoms with van der Waals surface area (Å²) in [6.07, 6.45) is 3.50. The van der Waals surface area contributed by atoms with Crippen molar-refractivity contribution >= 4 is 18.3 Å². The van der Waals surface area contributed by atoms with Crippen LogP contribution in [0.2, 0.25) is 0 Å². The molecule has 1 aromatic carbocycles. The number of amides is 1. The number of para-hydroxylation sites is 1. The van der Waals surface area contributed by atoms with Gasteiger partial charge in [-0.05, 0) is 45.4 Å². The molecule has 2 atom stereocenters. The van der Waals surface area contributed by atoms with Gasteiger partial charge in [0.2, 0.25) is 0 Å². The number of nitrogens with zero attached hydrogens (tertiary/aromatic N) is 2. The normalized spacial score (nSPS) is 20.3. The number of hydrogen-bond acceptors (Lipinski definition) is 3. The maximum Gasteiger partial charge on any atom is 0.255 e. The summed E-state index contributed by atoms with van der Waals surface area (Å²) < 4.78 is 15.4. The molecule has 2 aromatic rings. The quantitative estimate of drug-likeness (QED) is 0.892. The van der Waals surface area contributed by atoms with E-state index in [1.165, 1.54) is 16.9 Å². The van der Waals surface area contributed by atoms with Crippen molar-refractivity contribution in [2.45, 2.75) is 38.8 Å². The number of halogens is 2. The van der Waals surface area contributed by atoms with Gasteiger partial charge < -0.3 is 10.6 Å². The lowest BCUT2D eigenvalue weighted by Crippen LogP contribution is -2.51. The van der Waals surface area contributed by atoms with E-state index < -0.39 is 0 Å². The average Bonchev–Trinajstić information content (AvgIpc) is 2.92. The Morgan fingerprint density at radius 3 is 2.88 bits per heavy atom. The maximum absolute atomic E-state index is 13.9. The molecular weight excluding hydrogens is 331 g/mol. The molecule has 2 N–H and O–H groups in total. The molecule has 2 heterocycles. The SMILES string of the molecule is Cc1c(C(=O)NC2CCCNC2C)cnn1-c1ccccc1F.Cl. The highest BCUT2D eigenvalue weighted by Crippen LogP contribution is 2.17. The molecular formula is C17H22ClFN4O. The van der Waals surface area contributed by atoms with Crippen molar-refractivity contribution in [2.75, 3.05) is 6.54 Å². The smallest absolute Gasteiger partial charge is 0.255 e. The summed E-state index contributed by atoms with van der Waals surface area (Å²) >= 11 is 0. The minimum absolute atomic E-state index is 0. The summed E-state index contributed by atoms with van der Waals surface area (Å²) in [4.78, 5) is 12.5. The fourth-order valence-corrected chi connectivity index (χ4v) is 2.99. The number of piperidine rings is 1. The molecule has 7 heteroatoms. The van der Waals surface area contributed by atoms with E-state index in [2.05, 4.69) is 22.7 Å². The van der Waals surface area contributed by atoms with Crippen LogP contribution >= 0.6 is 12.4 Å². The third kappa shape index (κ3) is 3.60. The predicted molar refractivity (Wildman–Crippen MR) is 93.5 cm³/mol. The molecule has 0 bridgehead atoms. The Kier molecular flexibility index (Phi) is 5.96. The van der Waals surface area contributed by atoms with Crippen LogP contribution in [0.15, 0.2) is 30.5 Å². The van der Waals surface area contributed by atoms with Crippen molar-refractivity contribution in [1.82, 2.24) is 20.4 Å². The van der Waals surface area contributed by atoms with Crippen LogP contribution in [0.1, 0.15) is 35.8 Å². The van der Waals surface area contributed by atoms with Gasteiger partial charge in [0.1, 0.15) is 11.5 Å². The molecule has 24 heavy (non-hydrogen) atoms. The molecule has 1 aliphatic rings. The van der Waals surface area contributed by atoms with E-state index >= 15 is 0 Å². The van der Waals surface area contributed by atoms with Crippen molar-refractivity contribution < 1.29 is 9.18 Å². The van der Waals surface area contributed by atoms with Gasteiger partial charge in [-0.15, -0.1) is 12.4 Å². The van der Waals surface area contributed by atoms with Crippen LogP contribution in [-0.4, -0.2) is 34.3 Å². The standard InChI is InChI=1S/C17H21FN4O.ClH/c1-11-15(7-5-9-19-11)21-17(23)13-10-20-22(12(13)2)16-8-4-3-6-14(16)18;/h3-4,6,8,10-11,15,19H,5,7,9H2,1-2H3,(H,21,23);1H. The van der Waals surface area contributed by atoms with Crippen molar-refractivity contribution in [2.24, 2.45) is 0 Å². The summed E-state index contributed by atoms with van der Waals surface area (Å²) in [5.41, 5.74) is 1.45. The Hall–Kier alpha value is -1.92. The first-order valence-corrected chi connectivity index (χ1v) is 7.91. The van der Waals surface area contributed by atoms with E-state index in [4.69, 9.17) is 0 Å². The molecule has 0 spiro atoms. The molecule has 1 amide bonds. The lowest BCUT2D eigenvalue weighted by molar-refractivity contribution is 0.0919. The fraction of sp³-hybridized carbons (Fsp3) is 0.412. The Balaban J connectivity index is 0.00000208. The lowest BCUT2D eigenvalue weighted by atomic mass is 9.99. The first-order chi connectivity index (χ1) is 11.1. The Morgan fingerprint density at radius 1 is 1.42 bits per heavy atom. The van der Waals surface area contributed by atoms with Crippen LogP contribution in [-0.2, 0) is 0 Å². The van der Waals surface area contributed by atoms with Crippen molar-refractivity contribution in [1.29, 1.82) is 0 Å². The van der Waals surface area contributed by atoms with Gasteiger partial charge >= 0.3 is 0 Å². The molecule has 0 aliphatic carbocycles. The van der Waals surface area contributed by atoms with Crippen LogP contribution in [0.4, 0.5) is 4.39 Å². The van der Waals surface area contributed by atoms with Crippen LogP contribution < -0.4 is 10.6 Å². The average molecular weight is 353 g/mol. The van der Waals surface area contributed by atoms with Gasteiger partial charge in [0, 0.05) is 12.1 Å². The zero-order valence-corrected chi connectivity index (χ0v) is 14.6. The highest BCUT2D eigenvalue weighted by molar-refractivity contribution is 5.95. The number of carbonyl (C=O) groups excluding carboxylic acids is 1. The minimum Gasteiger partial charge on any atom is -0.348 e. The summed E-state index contributed by atoms with van der Waals surface area (Å²) in [7, 11) is 0. The monoisotopic (exact) mass is 352 g/mol. The van der Waals surface area contributed by atoms with Crippen LogP contribution in [0.3, 0.4) is 0 Å². The largest absolute Gasteiger partial charge is 0.348 e. The molecule has 3 rings (SSSR count). The predicted octanol–water partition coefficient (Wildman–Crippen LogP) is 2.61. The van der Waals surface area contributed by atoms with E-state index in [1.807, 2.05) is 0 Å². The summed E-state index contributed by atoms with van der Waals surface area (Å²) in [6, 6.07) is 6.75. The first-order valence-electron chi connectivity index (χ1n) is 7.91. The van der Waals surface area contributed by atoms with Gasteiger partial charge in [0.25, 0.3) is 5.91 Å². The van der Waals surface area contributed by atoms with Crippen LogP contribution in [0.25, 0.3) is 5.69 Å². The Bertz CT molecular complexity index is 718. The third-order valence-electron chi connectivity index (χ3n) is 4.41. The third-order valence-corrected chi connectivity index (χ3v) is 4.41. The molecule has 5 nitrogen and oxygen atoms in total. The van der Waals surface area contributed by atoms with E-state index in [0.717, 1.165) is 19.4 Å². The first kappa shape index (κ1) is 18.4. The number of aromatic nitrogens is 2. The topological polar surface area (TPSA) is 59.0 Å². The van der Waals surface area contributed by atoms with E-state index in [-0.39, 0.29) is 36.2 Å². The van der Waals surface area contributed by atoms with Crippen LogP contribution in [0.5, 0.6) is 0 Å². The highest BCUT2D eigenvalue weighted by atomic mass is 35.5. The van der Waals surface area contributed by atoms with Crippen molar-refractivity contribution in [3.05, 3.63) is 47.5 Å². The number of benzene rings is 1. The van der Waals surface area contributed by atoms with Gasteiger partial charge in [-0.25, -0.2) is 9.07 Å². The fourth-order valence-electron chi connectivity index (χ4n) is 2.99. The molecule has 1 saturated heterocycles. The molecule has 2 unspecified atom stereocenters. The van der Waals surface area contributed by atoms with Gasteiger partial charge in [-0.2, -0.15) is 5.10 Å². The van der Waals surface area contributed by atoms with Gasteiger partial charge in [0.15, 0.2) is 0 Å². The van der Waals surface area contributed by atoms with E-state index in [1.54, 1.807) is 25.1 Å². The second-order valence-electron chi connectivity index (χ2n) is 5.97.